The van der Waals surface area contributed by atoms with Gasteiger partial charge in [0, 0.05) is 17.3 Å². The van der Waals surface area contributed by atoms with E-state index < -0.39 is 37.5 Å². The lowest BCUT2D eigenvalue weighted by atomic mass is 9.38. The van der Waals surface area contributed by atoms with Crippen LogP contribution in [0, 0.1) is 49.7 Å². The van der Waals surface area contributed by atoms with Crippen LogP contribution in [0.3, 0.4) is 0 Å². The van der Waals surface area contributed by atoms with Gasteiger partial charge in [0.15, 0.2) is 15.9 Å². The van der Waals surface area contributed by atoms with Gasteiger partial charge in [0.1, 0.15) is 0 Å². The van der Waals surface area contributed by atoms with Gasteiger partial charge in [-0.25, -0.2) is 0 Å². The zero-order valence-electron chi connectivity index (χ0n) is 27.0. The number of alkyl halides is 1. The van der Waals surface area contributed by atoms with Gasteiger partial charge in [0.25, 0.3) is 0 Å². The minimum Gasteiger partial charge on any atom is -0.469 e. The average molecular weight is 635 g/mol. The lowest BCUT2D eigenvalue weighted by Crippen LogP contribution is -2.70. The molecule has 0 aliphatic heterocycles. The van der Waals surface area contributed by atoms with Gasteiger partial charge in [-0.1, -0.05) is 83.3 Å². The van der Waals surface area contributed by atoms with Crippen molar-refractivity contribution in [2.75, 3.05) is 7.11 Å². The maximum atomic E-state index is 13.6. The van der Waals surface area contributed by atoms with Crippen LogP contribution in [0.4, 0.5) is 0 Å². The number of hydrogen-bond acceptors (Lipinski definition) is 6. The second kappa shape index (κ2) is 10.9. The zero-order chi connectivity index (χ0) is 31.4. The second-order valence-corrected chi connectivity index (χ2v) is 17.0. The fraction of sp³-hybridized carbons (Fsp3) is 0.824. The van der Waals surface area contributed by atoms with Crippen molar-refractivity contribution < 1.29 is 24.2 Å². The molecule has 3 aliphatic rings. The monoisotopic (exact) mass is 633 g/mol. The van der Waals surface area contributed by atoms with E-state index >= 15 is 0 Å². The molecule has 7 heteroatoms. The van der Waals surface area contributed by atoms with E-state index in [2.05, 4.69) is 56.6 Å². The number of hydrogen-bond donors (Lipinski definition) is 1. The summed E-state index contributed by atoms with van der Waals surface area (Å²) in [5, 5.41) is 22.0. The Bertz CT molecular complexity index is 1170. The van der Waals surface area contributed by atoms with E-state index in [1.807, 2.05) is 27.7 Å². The maximum absolute atomic E-state index is 13.6. The van der Waals surface area contributed by atoms with Crippen LogP contribution < -0.4 is 0 Å². The summed E-state index contributed by atoms with van der Waals surface area (Å²) in [6.07, 6.45) is 7.21. The van der Waals surface area contributed by atoms with Gasteiger partial charge in [0.2, 0.25) is 0 Å². The SMILES string of the molecule is CCCC(C)(C)CC[C@@](C)(CC[C@]1(C)CC(=O)C=C2[C@@]3(C)C(O)C(Br)(C#N)C(=O)C(C)(C)[C@@H]3CC[C@]21C)C(=O)OC. The smallest absolute Gasteiger partial charge is 0.311 e. The fourth-order valence-electron chi connectivity index (χ4n) is 9.02. The molecule has 0 saturated heterocycles. The van der Waals surface area contributed by atoms with Crippen molar-refractivity contribution in [2.24, 2.45) is 38.4 Å². The van der Waals surface area contributed by atoms with Crippen molar-refractivity contribution in [2.45, 2.75) is 131 Å². The van der Waals surface area contributed by atoms with Crippen molar-refractivity contribution in [3.8, 4) is 6.07 Å². The Kier molecular flexibility index (Phi) is 9.02. The summed E-state index contributed by atoms with van der Waals surface area (Å²) in [5.74, 6) is -0.763. The number of fused-ring (bicyclic) bond motifs is 3. The molecule has 2 saturated carbocycles. The quantitative estimate of drug-likeness (QED) is 0.208. The summed E-state index contributed by atoms with van der Waals surface area (Å²) in [7, 11) is 1.45. The molecule has 0 spiro atoms. The molecule has 2 fully saturated rings. The predicted octanol–water partition coefficient (Wildman–Crippen LogP) is 7.51. The minimum absolute atomic E-state index is 0.00950. The van der Waals surface area contributed by atoms with E-state index in [1.165, 1.54) is 7.11 Å². The molecule has 3 aliphatic carbocycles. The van der Waals surface area contributed by atoms with Crippen molar-refractivity contribution >= 4 is 33.5 Å². The molecule has 0 heterocycles. The number of carbonyl (C=O) groups excluding carboxylic acids is 3. The summed E-state index contributed by atoms with van der Waals surface area (Å²) in [6.45, 7) is 18.7. The van der Waals surface area contributed by atoms with E-state index in [4.69, 9.17) is 4.74 Å². The molecule has 6 nitrogen and oxygen atoms in total. The number of nitrogens with zero attached hydrogens (tertiary/aromatic N) is 1. The van der Waals surface area contributed by atoms with Crippen LogP contribution in [0.1, 0.15) is 120 Å². The first-order valence-electron chi connectivity index (χ1n) is 15.3. The summed E-state index contributed by atoms with van der Waals surface area (Å²) in [4.78, 5) is 40.3. The van der Waals surface area contributed by atoms with E-state index in [0.717, 1.165) is 31.3 Å². The highest BCUT2D eigenvalue weighted by atomic mass is 79.9. The fourth-order valence-corrected chi connectivity index (χ4v) is 10.0. The number of ketones is 2. The standard InChI is InChI=1S/C34H52BrNO5/c1-11-13-28(2,3)15-16-30(6,27(40)41-10)17-18-31(7)20-22(37)19-24-32(31,8)14-12-23-29(4,5)25(38)34(35,21-36)26(39)33(23,24)9/h19,23,26,39H,11-18,20H2,1-10H3/t23-,26?,30-,31+,32+,33-,34?/m0/s1. The summed E-state index contributed by atoms with van der Waals surface area (Å²) in [6, 6.07) is 2.09. The van der Waals surface area contributed by atoms with Crippen molar-refractivity contribution in [3.05, 3.63) is 11.6 Å². The molecule has 3 rings (SSSR count). The first-order valence-corrected chi connectivity index (χ1v) is 16.1. The molecule has 1 N–H and O–H groups in total. The number of carbonyl (C=O) groups is 3. The first-order chi connectivity index (χ1) is 18.6. The van der Waals surface area contributed by atoms with Gasteiger partial charge >= 0.3 is 5.97 Å². The number of allylic oxidation sites excluding steroid dienone is 1. The Morgan fingerprint density at radius 3 is 2.27 bits per heavy atom. The van der Waals surface area contributed by atoms with Gasteiger partial charge < -0.3 is 9.84 Å². The number of rotatable bonds is 9. The van der Waals surface area contributed by atoms with Crippen LogP contribution in [0.2, 0.25) is 0 Å². The molecule has 7 atom stereocenters. The van der Waals surface area contributed by atoms with Crippen molar-refractivity contribution in [1.29, 1.82) is 5.26 Å². The molecule has 230 valence electrons. The highest BCUT2D eigenvalue weighted by Crippen LogP contribution is 2.71. The molecule has 0 aromatic heterocycles. The number of halogens is 1. The highest BCUT2D eigenvalue weighted by molar-refractivity contribution is 9.10. The molecule has 0 aromatic rings. The Balaban J connectivity index is 2.04. The number of aliphatic hydroxyl groups excluding tert-OH is 1. The summed E-state index contributed by atoms with van der Waals surface area (Å²) >= 11 is 3.38. The molecule has 0 radical (unpaired) electrons. The molecule has 0 amide bonds. The minimum atomic E-state index is -1.76. The Hall–Kier alpha value is -1.52. The molecule has 2 unspecified atom stereocenters. The van der Waals surface area contributed by atoms with E-state index in [9.17, 15) is 24.8 Å². The number of nitriles is 1. The number of aliphatic hydroxyl groups is 1. The van der Waals surface area contributed by atoms with Crippen molar-refractivity contribution in [1.82, 2.24) is 0 Å². The Labute approximate surface area is 256 Å². The number of esters is 1. The van der Waals surface area contributed by atoms with Crippen LogP contribution in [-0.2, 0) is 19.1 Å². The molecule has 0 bridgehead atoms. The largest absolute Gasteiger partial charge is 0.469 e. The molecular weight excluding hydrogens is 582 g/mol. The van der Waals surface area contributed by atoms with Gasteiger partial charge in [-0.3, -0.25) is 14.4 Å². The Morgan fingerprint density at radius 2 is 1.73 bits per heavy atom. The number of methoxy groups -OCH3 is 1. The third kappa shape index (κ3) is 5.17. The lowest BCUT2D eigenvalue weighted by Gasteiger charge is -2.66. The lowest BCUT2D eigenvalue weighted by molar-refractivity contribution is -0.165. The van der Waals surface area contributed by atoms with E-state index in [0.29, 0.717) is 32.1 Å². The van der Waals surface area contributed by atoms with Gasteiger partial charge in [0.05, 0.1) is 24.7 Å². The van der Waals surface area contributed by atoms with E-state index in [-0.39, 0.29) is 28.9 Å². The number of Topliss-reactive ketones (excluding diaryl/α,β-unsaturated/α-hetero) is 1. The Morgan fingerprint density at radius 1 is 1.12 bits per heavy atom. The van der Waals surface area contributed by atoms with Crippen LogP contribution >= 0.6 is 15.9 Å². The van der Waals surface area contributed by atoms with Gasteiger partial charge in [-0.2, -0.15) is 5.26 Å². The van der Waals surface area contributed by atoms with Crippen LogP contribution in [0.15, 0.2) is 11.6 Å². The van der Waals surface area contributed by atoms with Crippen LogP contribution in [-0.4, -0.2) is 40.2 Å². The molecular formula is C34H52BrNO5. The maximum Gasteiger partial charge on any atom is 0.311 e. The average Bonchev–Trinajstić information content (AvgIpc) is 2.89. The second-order valence-electron chi connectivity index (χ2n) is 15.7. The first kappa shape index (κ1) is 34.0. The van der Waals surface area contributed by atoms with Gasteiger partial charge in [-0.05, 0) is 80.1 Å². The summed E-state index contributed by atoms with van der Waals surface area (Å²) < 4.78 is 3.56. The van der Waals surface area contributed by atoms with E-state index in [1.54, 1.807) is 6.08 Å². The van der Waals surface area contributed by atoms with Gasteiger partial charge in [-0.15, -0.1) is 0 Å². The summed E-state index contributed by atoms with van der Waals surface area (Å²) in [5.41, 5.74) is -2.51. The van der Waals surface area contributed by atoms with Crippen LogP contribution in [0.25, 0.3) is 0 Å². The highest BCUT2D eigenvalue weighted by Gasteiger charge is 2.72. The topological polar surface area (TPSA) is 104 Å². The van der Waals surface area contributed by atoms with Crippen LogP contribution in [0.5, 0.6) is 0 Å². The third-order valence-electron chi connectivity index (χ3n) is 12.1. The predicted molar refractivity (Wildman–Crippen MR) is 164 cm³/mol. The third-order valence-corrected chi connectivity index (χ3v) is 13.1. The number of ether oxygens (including phenoxy) is 1. The zero-order valence-corrected chi connectivity index (χ0v) is 28.6. The molecule has 0 aromatic carbocycles. The normalized spacial score (nSPS) is 38.2. The van der Waals surface area contributed by atoms with Crippen molar-refractivity contribution in [3.63, 3.8) is 0 Å². The molecule has 41 heavy (non-hydrogen) atoms.